The topological polar surface area (TPSA) is 45.8 Å². The Morgan fingerprint density at radius 2 is 2.23 bits per heavy atom. The van der Waals surface area contributed by atoms with E-state index in [1.807, 2.05) is 13.8 Å². The molecule has 0 radical (unpaired) electrons. The van der Waals surface area contributed by atoms with Gasteiger partial charge in [0.15, 0.2) is 0 Å². The van der Waals surface area contributed by atoms with Gasteiger partial charge in [-0.15, -0.1) is 0 Å². The molecule has 0 saturated heterocycles. The molecule has 3 nitrogen and oxygen atoms in total. The van der Waals surface area contributed by atoms with Crippen molar-refractivity contribution >= 4 is 11.8 Å². The summed E-state index contributed by atoms with van der Waals surface area (Å²) in [5.74, 6) is 2.81. The average Bonchev–Trinajstić information content (AvgIpc) is 2.51. The van der Waals surface area contributed by atoms with Gasteiger partial charge in [0.2, 0.25) is 0 Å². The van der Waals surface area contributed by atoms with Gasteiger partial charge in [-0.25, -0.2) is 4.98 Å². The maximum absolute atomic E-state index is 11.5. The van der Waals surface area contributed by atoms with Gasteiger partial charge in [0, 0.05) is 23.0 Å². The Labute approximate surface area is 81.0 Å². The first-order valence-electron chi connectivity index (χ1n) is 4.38. The van der Waals surface area contributed by atoms with E-state index in [1.54, 1.807) is 11.8 Å². The molecule has 0 atom stereocenters. The Hall–Kier alpha value is -0.770. The van der Waals surface area contributed by atoms with E-state index in [4.69, 9.17) is 0 Å². The van der Waals surface area contributed by atoms with Crippen LogP contribution in [0.1, 0.15) is 36.8 Å². The molecule has 0 saturated carbocycles. The molecule has 2 heterocycles. The summed E-state index contributed by atoms with van der Waals surface area (Å²) < 4.78 is 0. The maximum atomic E-state index is 11.5. The summed E-state index contributed by atoms with van der Waals surface area (Å²) in [5.41, 5.74) is 1.91. The lowest BCUT2D eigenvalue weighted by Gasteiger charge is -2.05. The van der Waals surface area contributed by atoms with E-state index >= 15 is 0 Å². The number of H-pyrrole nitrogens is 1. The molecular formula is C9H12N2OS. The van der Waals surface area contributed by atoms with Gasteiger partial charge in [-0.3, -0.25) is 4.79 Å². The first-order valence-corrected chi connectivity index (χ1v) is 5.53. The van der Waals surface area contributed by atoms with Gasteiger partial charge in [0.25, 0.3) is 5.56 Å². The van der Waals surface area contributed by atoms with Gasteiger partial charge in [0.05, 0.1) is 5.69 Å². The highest BCUT2D eigenvalue weighted by atomic mass is 32.2. The number of hydrogen-bond acceptors (Lipinski definition) is 3. The van der Waals surface area contributed by atoms with Crippen LogP contribution in [0.3, 0.4) is 0 Å². The highest BCUT2D eigenvalue weighted by molar-refractivity contribution is 7.98. The van der Waals surface area contributed by atoms with Gasteiger partial charge in [-0.2, -0.15) is 11.8 Å². The summed E-state index contributed by atoms with van der Waals surface area (Å²) in [6, 6.07) is 0. The Kier molecular flexibility index (Phi) is 2.15. The number of aromatic amines is 1. The van der Waals surface area contributed by atoms with E-state index in [9.17, 15) is 4.79 Å². The average molecular weight is 196 g/mol. The van der Waals surface area contributed by atoms with Crippen LogP contribution >= 0.6 is 11.8 Å². The van der Waals surface area contributed by atoms with E-state index in [-0.39, 0.29) is 5.56 Å². The molecule has 1 aliphatic rings. The third kappa shape index (κ3) is 1.50. The van der Waals surface area contributed by atoms with Crippen molar-refractivity contribution in [3.05, 3.63) is 27.4 Å². The minimum absolute atomic E-state index is 0.0544. The fraction of sp³-hybridized carbons (Fsp3) is 0.556. The second-order valence-corrected chi connectivity index (χ2v) is 4.51. The molecule has 4 heteroatoms. The van der Waals surface area contributed by atoms with E-state index < -0.39 is 0 Å². The zero-order chi connectivity index (χ0) is 9.42. The number of nitrogens with one attached hydrogen (secondary N) is 1. The molecule has 0 unspecified atom stereocenters. The molecule has 1 aromatic rings. The number of aromatic nitrogens is 2. The second kappa shape index (κ2) is 3.18. The van der Waals surface area contributed by atoms with Crippen molar-refractivity contribution < 1.29 is 0 Å². The molecule has 2 rings (SSSR count). The van der Waals surface area contributed by atoms with Gasteiger partial charge in [0.1, 0.15) is 5.82 Å². The largest absolute Gasteiger partial charge is 0.310 e. The molecule has 0 bridgehead atoms. The number of rotatable bonds is 1. The molecule has 70 valence electrons. The van der Waals surface area contributed by atoms with Crippen molar-refractivity contribution in [1.29, 1.82) is 0 Å². The molecular weight excluding hydrogens is 184 g/mol. The summed E-state index contributed by atoms with van der Waals surface area (Å²) >= 11 is 1.75. The Bertz CT molecular complexity index is 384. The van der Waals surface area contributed by atoms with Gasteiger partial charge in [-0.05, 0) is 0 Å². The first-order chi connectivity index (χ1) is 6.18. The minimum atomic E-state index is 0.0544. The van der Waals surface area contributed by atoms with Crippen LogP contribution in [-0.4, -0.2) is 9.97 Å². The fourth-order valence-electron chi connectivity index (χ4n) is 1.36. The lowest BCUT2D eigenvalue weighted by atomic mass is 10.2. The van der Waals surface area contributed by atoms with Gasteiger partial charge < -0.3 is 4.98 Å². The Balaban J connectivity index is 2.56. The number of nitrogens with zero attached hydrogens (tertiary/aromatic N) is 1. The lowest BCUT2D eigenvalue weighted by Crippen LogP contribution is -2.17. The van der Waals surface area contributed by atoms with Crippen LogP contribution in [0.25, 0.3) is 0 Å². The lowest BCUT2D eigenvalue weighted by molar-refractivity contribution is 0.753. The van der Waals surface area contributed by atoms with Crippen LogP contribution < -0.4 is 5.56 Å². The van der Waals surface area contributed by atoms with Gasteiger partial charge in [-0.1, -0.05) is 13.8 Å². The highest BCUT2D eigenvalue weighted by Crippen LogP contribution is 2.25. The van der Waals surface area contributed by atoms with Gasteiger partial charge >= 0.3 is 0 Å². The monoisotopic (exact) mass is 196 g/mol. The van der Waals surface area contributed by atoms with E-state index in [2.05, 4.69) is 9.97 Å². The van der Waals surface area contributed by atoms with Crippen molar-refractivity contribution in [2.24, 2.45) is 0 Å². The maximum Gasteiger partial charge on any atom is 0.255 e. The summed E-state index contributed by atoms with van der Waals surface area (Å²) in [6.45, 7) is 4.07. The van der Waals surface area contributed by atoms with Crippen LogP contribution in [0.4, 0.5) is 0 Å². The summed E-state index contributed by atoms with van der Waals surface area (Å²) in [4.78, 5) is 18.8. The minimum Gasteiger partial charge on any atom is -0.310 e. The molecule has 0 spiro atoms. The normalized spacial score (nSPS) is 15.0. The summed E-state index contributed by atoms with van der Waals surface area (Å²) in [7, 11) is 0. The van der Waals surface area contributed by atoms with Crippen molar-refractivity contribution in [3.8, 4) is 0 Å². The molecule has 1 aromatic heterocycles. The van der Waals surface area contributed by atoms with E-state index in [1.165, 1.54) is 0 Å². The number of fused-ring (bicyclic) bond motifs is 1. The van der Waals surface area contributed by atoms with E-state index in [0.717, 1.165) is 28.6 Å². The predicted octanol–water partition coefficient (Wildman–Crippen LogP) is 1.64. The zero-order valence-electron chi connectivity index (χ0n) is 7.76. The predicted molar refractivity (Wildman–Crippen MR) is 53.9 cm³/mol. The standard InChI is InChI=1S/C9H12N2OS/c1-5(2)8-10-7-4-13-3-6(7)9(12)11-8/h5H,3-4H2,1-2H3,(H,10,11,12). The fourth-order valence-corrected chi connectivity index (χ4v) is 2.39. The second-order valence-electron chi connectivity index (χ2n) is 3.52. The van der Waals surface area contributed by atoms with Crippen LogP contribution in [0, 0.1) is 0 Å². The van der Waals surface area contributed by atoms with Crippen molar-refractivity contribution in [3.63, 3.8) is 0 Å². The van der Waals surface area contributed by atoms with Crippen LogP contribution in [0.5, 0.6) is 0 Å². The SMILES string of the molecule is CC(C)c1nc2c(c(=O)[nH]1)CSC2. The first kappa shape index (κ1) is 8.81. The third-order valence-electron chi connectivity index (χ3n) is 2.15. The summed E-state index contributed by atoms with van der Waals surface area (Å²) in [6.07, 6.45) is 0. The third-order valence-corrected chi connectivity index (χ3v) is 3.12. The number of thioether (sulfide) groups is 1. The highest BCUT2D eigenvalue weighted by Gasteiger charge is 2.18. The number of hydrogen-bond donors (Lipinski definition) is 1. The molecule has 0 aliphatic carbocycles. The molecule has 0 aromatic carbocycles. The Morgan fingerprint density at radius 1 is 1.46 bits per heavy atom. The molecule has 1 aliphatic heterocycles. The smallest absolute Gasteiger partial charge is 0.255 e. The van der Waals surface area contributed by atoms with Crippen LogP contribution in [-0.2, 0) is 11.5 Å². The zero-order valence-corrected chi connectivity index (χ0v) is 8.57. The summed E-state index contributed by atoms with van der Waals surface area (Å²) in [5, 5.41) is 0. The molecule has 0 fully saturated rings. The molecule has 13 heavy (non-hydrogen) atoms. The quantitative estimate of drug-likeness (QED) is 0.742. The van der Waals surface area contributed by atoms with E-state index in [0.29, 0.717) is 5.92 Å². The van der Waals surface area contributed by atoms with Crippen molar-refractivity contribution in [1.82, 2.24) is 9.97 Å². The Morgan fingerprint density at radius 3 is 2.92 bits per heavy atom. The molecule has 0 amide bonds. The van der Waals surface area contributed by atoms with Crippen molar-refractivity contribution in [2.75, 3.05) is 0 Å². The van der Waals surface area contributed by atoms with Crippen LogP contribution in [0.15, 0.2) is 4.79 Å². The van der Waals surface area contributed by atoms with Crippen molar-refractivity contribution in [2.45, 2.75) is 31.3 Å². The van der Waals surface area contributed by atoms with Crippen LogP contribution in [0.2, 0.25) is 0 Å². The molecule has 1 N–H and O–H groups in total.